The molecule has 0 bridgehead atoms. The van der Waals surface area contributed by atoms with Gasteiger partial charge in [-0.2, -0.15) is 13.2 Å². The standard InChI is InChI=1S/C10H7ClF3NO3/c1-5(16)18-4-8(17)6-2-7(10(12,13)14)9(11)15-3-6/h2-3H,4H2,1H3. The van der Waals surface area contributed by atoms with E-state index >= 15 is 0 Å². The van der Waals surface area contributed by atoms with E-state index < -0.39 is 35.3 Å². The van der Waals surface area contributed by atoms with Gasteiger partial charge in [0.25, 0.3) is 0 Å². The summed E-state index contributed by atoms with van der Waals surface area (Å²) in [6.07, 6.45) is -3.81. The van der Waals surface area contributed by atoms with E-state index in [4.69, 9.17) is 11.6 Å². The maximum Gasteiger partial charge on any atom is 0.419 e. The summed E-state index contributed by atoms with van der Waals surface area (Å²) in [6.45, 7) is 0.435. The zero-order valence-electron chi connectivity index (χ0n) is 9.05. The van der Waals surface area contributed by atoms with Crippen LogP contribution in [0.4, 0.5) is 13.2 Å². The Balaban J connectivity index is 2.98. The van der Waals surface area contributed by atoms with Crippen molar-refractivity contribution in [1.29, 1.82) is 0 Å². The Kier molecular flexibility index (Phi) is 4.28. The van der Waals surface area contributed by atoms with Crippen molar-refractivity contribution in [2.45, 2.75) is 13.1 Å². The molecule has 1 heterocycles. The Morgan fingerprint density at radius 3 is 2.56 bits per heavy atom. The number of Topliss-reactive ketones (excluding diaryl/α,β-unsaturated/α-hetero) is 1. The highest BCUT2D eigenvalue weighted by Crippen LogP contribution is 2.33. The second kappa shape index (κ2) is 5.34. The monoisotopic (exact) mass is 281 g/mol. The first kappa shape index (κ1) is 14.4. The van der Waals surface area contributed by atoms with Gasteiger partial charge in [-0.1, -0.05) is 11.6 Å². The molecule has 0 spiro atoms. The largest absolute Gasteiger partial charge is 0.457 e. The van der Waals surface area contributed by atoms with E-state index in [2.05, 4.69) is 9.72 Å². The van der Waals surface area contributed by atoms with E-state index in [9.17, 15) is 22.8 Å². The molecule has 0 aliphatic heterocycles. The highest BCUT2D eigenvalue weighted by Gasteiger charge is 2.34. The number of aromatic nitrogens is 1. The number of pyridine rings is 1. The first-order chi connectivity index (χ1) is 8.21. The van der Waals surface area contributed by atoms with Crippen molar-refractivity contribution in [3.05, 3.63) is 28.5 Å². The minimum absolute atomic E-state index is 0.326. The highest BCUT2D eigenvalue weighted by molar-refractivity contribution is 6.30. The van der Waals surface area contributed by atoms with Crippen molar-refractivity contribution in [3.8, 4) is 0 Å². The highest BCUT2D eigenvalue weighted by atomic mass is 35.5. The van der Waals surface area contributed by atoms with Crippen LogP contribution in [0.5, 0.6) is 0 Å². The predicted molar refractivity (Wildman–Crippen MR) is 55.2 cm³/mol. The molecule has 1 rings (SSSR count). The fourth-order valence-corrected chi connectivity index (χ4v) is 1.26. The van der Waals surface area contributed by atoms with E-state index in [-0.39, 0.29) is 5.56 Å². The minimum atomic E-state index is -4.71. The summed E-state index contributed by atoms with van der Waals surface area (Å²) in [4.78, 5) is 25.2. The number of carbonyl (C=O) groups is 2. The molecule has 0 N–H and O–H groups in total. The van der Waals surface area contributed by atoms with Crippen LogP contribution in [0.3, 0.4) is 0 Å². The van der Waals surface area contributed by atoms with E-state index in [1.807, 2.05) is 0 Å². The van der Waals surface area contributed by atoms with Crippen LogP contribution in [0.2, 0.25) is 5.15 Å². The number of rotatable bonds is 3. The second-order valence-corrected chi connectivity index (χ2v) is 3.62. The molecule has 4 nitrogen and oxygen atoms in total. The lowest BCUT2D eigenvalue weighted by molar-refractivity contribution is -0.140. The summed E-state index contributed by atoms with van der Waals surface area (Å²) in [7, 11) is 0. The molecule has 0 aliphatic carbocycles. The smallest absolute Gasteiger partial charge is 0.419 e. The first-order valence-electron chi connectivity index (χ1n) is 4.61. The van der Waals surface area contributed by atoms with Crippen LogP contribution in [0, 0.1) is 0 Å². The second-order valence-electron chi connectivity index (χ2n) is 3.26. The van der Waals surface area contributed by atoms with Crippen molar-refractivity contribution < 1.29 is 27.5 Å². The molecule has 0 saturated heterocycles. The lowest BCUT2D eigenvalue weighted by atomic mass is 10.1. The summed E-state index contributed by atoms with van der Waals surface area (Å²) in [6, 6.07) is 0.571. The number of halogens is 4. The molecule has 0 atom stereocenters. The van der Waals surface area contributed by atoms with Gasteiger partial charge in [0, 0.05) is 18.7 Å². The van der Waals surface area contributed by atoms with Gasteiger partial charge in [0.15, 0.2) is 6.61 Å². The summed E-state index contributed by atoms with van der Waals surface area (Å²) >= 11 is 5.29. The Bertz CT molecular complexity index is 488. The van der Waals surface area contributed by atoms with Gasteiger partial charge in [-0.25, -0.2) is 4.98 Å². The number of alkyl halides is 3. The van der Waals surface area contributed by atoms with Gasteiger partial charge in [0.1, 0.15) is 5.15 Å². The van der Waals surface area contributed by atoms with Gasteiger partial charge < -0.3 is 4.74 Å². The Hall–Kier alpha value is -1.63. The van der Waals surface area contributed by atoms with Gasteiger partial charge in [-0.3, -0.25) is 9.59 Å². The van der Waals surface area contributed by atoms with Crippen LogP contribution in [0.25, 0.3) is 0 Å². The molecule has 98 valence electrons. The van der Waals surface area contributed by atoms with E-state index in [0.29, 0.717) is 6.07 Å². The minimum Gasteiger partial charge on any atom is -0.457 e. The van der Waals surface area contributed by atoms with E-state index in [1.165, 1.54) is 0 Å². The van der Waals surface area contributed by atoms with E-state index in [0.717, 1.165) is 13.1 Å². The molecule has 18 heavy (non-hydrogen) atoms. The number of hydrogen-bond donors (Lipinski definition) is 0. The van der Waals surface area contributed by atoms with Crippen LogP contribution in [0.15, 0.2) is 12.3 Å². The van der Waals surface area contributed by atoms with Gasteiger partial charge in [-0.05, 0) is 6.07 Å². The third-order valence-electron chi connectivity index (χ3n) is 1.87. The average Bonchev–Trinajstić information content (AvgIpc) is 2.24. The quantitative estimate of drug-likeness (QED) is 0.485. The van der Waals surface area contributed by atoms with Crippen molar-refractivity contribution in [2.75, 3.05) is 6.61 Å². The average molecular weight is 282 g/mol. The maximum atomic E-state index is 12.5. The Labute approximate surface area is 105 Å². The number of hydrogen-bond acceptors (Lipinski definition) is 4. The molecular formula is C10H7ClF3NO3. The van der Waals surface area contributed by atoms with Crippen molar-refractivity contribution in [2.24, 2.45) is 0 Å². The molecule has 0 aromatic carbocycles. The van der Waals surface area contributed by atoms with Crippen LogP contribution in [-0.2, 0) is 15.7 Å². The lowest BCUT2D eigenvalue weighted by Gasteiger charge is -2.09. The van der Waals surface area contributed by atoms with Crippen molar-refractivity contribution in [1.82, 2.24) is 4.98 Å². The van der Waals surface area contributed by atoms with Crippen LogP contribution >= 0.6 is 11.6 Å². The van der Waals surface area contributed by atoms with E-state index in [1.54, 1.807) is 0 Å². The van der Waals surface area contributed by atoms with Crippen LogP contribution in [-0.4, -0.2) is 23.3 Å². The molecule has 1 aromatic rings. The summed E-state index contributed by atoms with van der Waals surface area (Å²) in [5.74, 6) is -1.50. The summed E-state index contributed by atoms with van der Waals surface area (Å²) < 4.78 is 41.8. The third-order valence-corrected chi connectivity index (χ3v) is 2.17. The summed E-state index contributed by atoms with van der Waals surface area (Å²) in [5, 5.41) is -0.744. The van der Waals surface area contributed by atoms with Gasteiger partial charge in [-0.15, -0.1) is 0 Å². The molecule has 0 fully saturated rings. The molecule has 1 aromatic heterocycles. The predicted octanol–water partition coefficient (Wildman–Crippen LogP) is 2.50. The van der Waals surface area contributed by atoms with Crippen molar-refractivity contribution >= 4 is 23.4 Å². The fourth-order valence-electron chi connectivity index (χ4n) is 1.05. The zero-order chi connectivity index (χ0) is 13.9. The topological polar surface area (TPSA) is 56.3 Å². The zero-order valence-corrected chi connectivity index (χ0v) is 9.80. The van der Waals surface area contributed by atoms with Crippen LogP contribution < -0.4 is 0 Å². The molecule has 0 radical (unpaired) electrons. The maximum absolute atomic E-state index is 12.5. The number of nitrogens with zero attached hydrogens (tertiary/aromatic N) is 1. The fraction of sp³-hybridized carbons (Fsp3) is 0.300. The lowest BCUT2D eigenvalue weighted by Crippen LogP contribution is -2.14. The molecular weight excluding hydrogens is 275 g/mol. The van der Waals surface area contributed by atoms with Gasteiger partial charge in [0.2, 0.25) is 5.78 Å². The molecule has 0 aliphatic rings. The number of ether oxygens (including phenoxy) is 1. The summed E-state index contributed by atoms with van der Waals surface area (Å²) in [5.41, 5.74) is -1.54. The molecule has 0 saturated carbocycles. The molecule has 0 unspecified atom stereocenters. The SMILES string of the molecule is CC(=O)OCC(=O)c1cnc(Cl)c(C(F)(F)F)c1. The Morgan fingerprint density at radius 1 is 1.44 bits per heavy atom. The number of carbonyl (C=O) groups excluding carboxylic acids is 2. The Morgan fingerprint density at radius 2 is 2.06 bits per heavy atom. The normalized spacial score (nSPS) is 11.2. The van der Waals surface area contributed by atoms with Gasteiger partial charge >= 0.3 is 12.1 Å². The molecule has 0 amide bonds. The van der Waals surface area contributed by atoms with Crippen LogP contribution in [0.1, 0.15) is 22.8 Å². The third kappa shape index (κ3) is 3.69. The number of ketones is 1. The number of esters is 1. The van der Waals surface area contributed by atoms with Crippen molar-refractivity contribution in [3.63, 3.8) is 0 Å². The first-order valence-corrected chi connectivity index (χ1v) is 4.99. The van der Waals surface area contributed by atoms with Gasteiger partial charge in [0.05, 0.1) is 5.56 Å². The molecule has 8 heteroatoms.